The van der Waals surface area contributed by atoms with Gasteiger partial charge in [-0.05, 0) is 56.7 Å². The minimum atomic E-state index is 0. The summed E-state index contributed by atoms with van der Waals surface area (Å²) < 4.78 is 3.83. The first-order valence-electron chi connectivity index (χ1n) is 7.87. The van der Waals surface area contributed by atoms with Crippen molar-refractivity contribution in [1.29, 1.82) is 0 Å². The van der Waals surface area contributed by atoms with Gasteiger partial charge in [-0.2, -0.15) is 4.57 Å². The first-order valence-corrected chi connectivity index (χ1v) is 8.69. The third-order valence-electron chi connectivity index (χ3n) is 4.20. The van der Waals surface area contributed by atoms with Crippen LogP contribution >= 0.6 is 11.3 Å². The van der Waals surface area contributed by atoms with Gasteiger partial charge in [-0.25, -0.2) is 0 Å². The molecule has 1 atom stereocenters. The number of aromatic nitrogens is 1. The van der Waals surface area contributed by atoms with E-state index in [1.54, 1.807) is 0 Å². The molecule has 118 valence electrons. The van der Waals surface area contributed by atoms with Gasteiger partial charge in [-0.15, -0.1) is 0 Å². The number of thiazole rings is 1. The van der Waals surface area contributed by atoms with E-state index in [9.17, 15) is 0 Å². The second-order valence-electron chi connectivity index (χ2n) is 6.38. The Morgan fingerprint density at radius 2 is 2.05 bits per heavy atom. The van der Waals surface area contributed by atoms with E-state index >= 15 is 0 Å². The zero-order valence-electron chi connectivity index (χ0n) is 13.8. The maximum Gasteiger partial charge on any atom is 0.263 e. The SMILES string of the molecule is CC[n+]1c(C=C2C=C(C)CC(C)C2)sc2ccc(C)cc21.[I-]. The minimum Gasteiger partial charge on any atom is -1.00 e. The van der Waals surface area contributed by atoms with Crippen molar-refractivity contribution in [2.45, 2.75) is 47.1 Å². The molecule has 1 nitrogen and oxygen atoms in total. The highest BCUT2D eigenvalue weighted by Gasteiger charge is 2.19. The smallest absolute Gasteiger partial charge is 0.263 e. The van der Waals surface area contributed by atoms with Gasteiger partial charge in [-0.1, -0.05) is 36.0 Å². The summed E-state index contributed by atoms with van der Waals surface area (Å²) in [5, 5.41) is 1.38. The van der Waals surface area contributed by atoms with E-state index in [0.717, 1.165) is 12.5 Å². The van der Waals surface area contributed by atoms with Crippen molar-refractivity contribution >= 4 is 27.6 Å². The molecular weight excluding hydrogens is 401 g/mol. The van der Waals surface area contributed by atoms with Crippen LogP contribution in [0.25, 0.3) is 16.3 Å². The van der Waals surface area contributed by atoms with Crippen LogP contribution in [0.1, 0.15) is 44.2 Å². The molecule has 0 spiro atoms. The van der Waals surface area contributed by atoms with Crippen LogP contribution in [-0.2, 0) is 6.54 Å². The summed E-state index contributed by atoms with van der Waals surface area (Å²) in [6.07, 6.45) is 7.24. The highest BCUT2D eigenvalue weighted by Crippen LogP contribution is 2.30. The van der Waals surface area contributed by atoms with E-state index in [-0.39, 0.29) is 24.0 Å². The molecule has 0 aliphatic heterocycles. The molecule has 1 aliphatic rings. The molecule has 3 heteroatoms. The molecule has 1 unspecified atom stereocenters. The maximum atomic E-state index is 2.45. The van der Waals surface area contributed by atoms with Gasteiger partial charge in [0.25, 0.3) is 5.01 Å². The Hall–Kier alpha value is -0.680. The molecule has 0 amide bonds. The standard InChI is InChI=1S/C19H24NS.HI/c1-5-20-17-11-13(2)6-7-18(17)21-19(20)12-16-9-14(3)8-15(4)10-16;/h6-7,9,11-12,15H,5,8,10H2,1-4H3;1H/q+1;/p-1. The summed E-state index contributed by atoms with van der Waals surface area (Å²) in [6.45, 7) is 10.0. The summed E-state index contributed by atoms with van der Waals surface area (Å²) in [5.41, 5.74) is 5.71. The Labute approximate surface area is 154 Å². The van der Waals surface area contributed by atoms with Gasteiger partial charge in [0.15, 0.2) is 0 Å². The van der Waals surface area contributed by atoms with E-state index in [4.69, 9.17) is 0 Å². The van der Waals surface area contributed by atoms with Gasteiger partial charge < -0.3 is 24.0 Å². The fourth-order valence-corrected chi connectivity index (χ4v) is 4.55. The number of rotatable bonds is 2. The van der Waals surface area contributed by atoms with Crippen molar-refractivity contribution in [3.8, 4) is 0 Å². The molecule has 2 aromatic rings. The Balaban J connectivity index is 0.00000176. The van der Waals surface area contributed by atoms with Gasteiger partial charge >= 0.3 is 0 Å². The Morgan fingerprint density at radius 1 is 1.27 bits per heavy atom. The molecule has 1 heterocycles. The Bertz CT molecular complexity index is 739. The fourth-order valence-electron chi connectivity index (χ4n) is 3.36. The van der Waals surface area contributed by atoms with Gasteiger partial charge in [0, 0.05) is 12.1 Å². The third kappa shape index (κ3) is 3.62. The van der Waals surface area contributed by atoms with Crippen molar-refractivity contribution in [1.82, 2.24) is 0 Å². The number of halogens is 1. The number of fused-ring (bicyclic) bond motifs is 1. The Morgan fingerprint density at radius 3 is 2.73 bits per heavy atom. The molecule has 1 aromatic carbocycles. The molecule has 1 aliphatic carbocycles. The molecule has 1 aromatic heterocycles. The first-order chi connectivity index (χ1) is 10.1. The molecule has 3 rings (SSSR count). The van der Waals surface area contributed by atoms with E-state index in [2.05, 4.69) is 62.6 Å². The van der Waals surface area contributed by atoms with E-state index in [1.807, 2.05) is 11.3 Å². The first kappa shape index (κ1) is 17.7. The Kier molecular flexibility index (Phi) is 5.83. The predicted molar refractivity (Wildman–Crippen MR) is 92.6 cm³/mol. The van der Waals surface area contributed by atoms with Crippen molar-refractivity contribution < 1.29 is 28.5 Å². The van der Waals surface area contributed by atoms with Crippen molar-refractivity contribution in [2.75, 3.05) is 0 Å². The monoisotopic (exact) mass is 425 g/mol. The molecule has 0 N–H and O–H groups in total. The summed E-state index contributed by atoms with van der Waals surface area (Å²) >= 11 is 1.91. The van der Waals surface area contributed by atoms with Gasteiger partial charge in [-0.3, -0.25) is 0 Å². The fraction of sp³-hybridized carbons (Fsp3) is 0.421. The normalized spacial score (nSPS) is 20.1. The molecule has 0 bridgehead atoms. The van der Waals surface area contributed by atoms with Crippen LogP contribution in [0.3, 0.4) is 0 Å². The van der Waals surface area contributed by atoms with Gasteiger partial charge in [0.2, 0.25) is 5.52 Å². The van der Waals surface area contributed by atoms with Crippen molar-refractivity contribution in [3.63, 3.8) is 0 Å². The lowest BCUT2D eigenvalue weighted by atomic mass is 9.88. The second kappa shape index (κ2) is 7.26. The maximum absolute atomic E-state index is 2.45. The molecule has 0 saturated heterocycles. The summed E-state index contributed by atoms with van der Waals surface area (Å²) in [5.74, 6) is 0.771. The molecular formula is C19H24INS. The second-order valence-corrected chi connectivity index (χ2v) is 7.44. The number of nitrogens with zero attached hydrogens (tertiary/aromatic N) is 1. The highest BCUT2D eigenvalue weighted by atomic mass is 127. The minimum absolute atomic E-state index is 0. The summed E-state index contributed by atoms with van der Waals surface area (Å²) in [4.78, 5) is 0. The predicted octanol–water partition coefficient (Wildman–Crippen LogP) is 2.28. The van der Waals surface area contributed by atoms with Crippen molar-refractivity contribution in [3.05, 3.63) is 46.0 Å². The number of benzene rings is 1. The van der Waals surface area contributed by atoms with Gasteiger partial charge in [0.05, 0.1) is 0 Å². The summed E-state index contributed by atoms with van der Waals surface area (Å²) in [7, 11) is 0. The van der Waals surface area contributed by atoms with E-state index in [0.29, 0.717) is 0 Å². The van der Waals surface area contributed by atoms with Crippen LogP contribution in [0.4, 0.5) is 0 Å². The molecule has 0 radical (unpaired) electrons. The lowest BCUT2D eigenvalue weighted by Gasteiger charge is -2.18. The van der Waals surface area contributed by atoms with Crippen molar-refractivity contribution in [2.24, 2.45) is 5.92 Å². The van der Waals surface area contributed by atoms with E-state index < -0.39 is 0 Å². The average Bonchev–Trinajstić information content (AvgIpc) is 2.73. The highest BCUT2D eigenvalue weighted by molar-refractivity contribution is 7.18. The quantitative estimate of drug-likeness (QED) is 0.514. The molecule has 0 saturated carbocycles. The van der Waals surface area contributed by atoms with Crippen LogP contribution < -0.4 is 28.5 Å². The van der Waals surface area contributed by atoms with Crippen LogP contribution in [0.15, 0.2) is 35.4 Å². The topological polar surface area (TPSA) is 3.88 Å². The van der Waals surface area contributed by atoms with Crippen LogP contribution in [-0.4, -0.2) is 0 Å². The zero-order chi connectivity index (χ0) is 15.0. The number of allylic oxidation sites excluding steroid dienone is 3. The van der Waals surface area contributed by atoms with E-state index in [1.165, 1.54) is 44.8 Å². The molecule has 0 fully saturated rings. The average molecular weight is 425 g/mol. The number of hydrogen-bond acceptors (Lipinski definition) is 1. The van der Waals surface area contributed by atoms with Crippen LogP contribution in [0.5, 0.6) is 0 Å². The zero-order valence-corrected chi connectivity index (χ0v) is 16.8. The largest absolute Gasteiger partial charge is 1.00 e. The third-order valence-corrected chi connectivity index (χ3v) is 5.31. The van der Waals surface area contributed by atoms with Gasteiger partial charge in [0.1, 0.15) is 11.2 Å². The lowest BCUT2D eigenvalue weighted by Crippen LogP contribution is -3.00. The number of aryl methyl sites for hydroxylation is 2. The summed E-state index contributed by atoms with van der Waals surface area (Å²) in [6, 6.07) is 6.78. The molecule has 22 heavy (non-hydrogen) atoms. The van der Waals surface area contributed by atoms with Crippen LogP contribution in [0, 0.1) is 12.8 Å². The van der Waals surface area contributed by atoms with Crippen LogP contribution in [0.2, 0.25) is 0 Å². The lowest BCUT2D eigenvalue weighted by molar-refractivity contribution is -0.665. The number of hydrogen-bond donors (Lipinski definition) is 0.